The van der Waals surface area contributed by atoms with Crippen LogP contribution in [-0.2, 0) is 0 Å². The van der Waals surface area contributed by atoms with Gasteiger partial charge in [0.25, 0.3) is 0 Å². The highest BCUT2D eigenvalue weighted by Crippen LogP contribution is 2.38. The van der Waals surface area contributed by atoms with Crippen LogP contribution in [0.2, 0.25) is 5.02 Å². The minimum Gasteiger partial charge on any atom is -0.478 e. The summed E-state index contributed by atoms with van der Waals surface area (Å²) in [5.41, 5.74) is 5.60. The van der Waals surface area contributed by atoms with Gasteiger partial charge in [-0.15, -0.1) is 0 Å². The van der Waals surface area contributed by atoms with Crippen LogP contribution >= 0.6 is 11.6 Å². The Morgan fingerprint density at radius 3 is 2.36 bits per heavy atom. The highest BCUT2D eigenvalue weighted by Gasteiger charge is 2.25. The summed E-state index contributed by atoms with van der Waals surface area (Å²) in [4.78, 5) is 27.3. The van der Waals surface area contributed by atoms with Gasteiger partial charge in [-0.05, 0) is 90.0 Å². The fourth-order valence-corrected chi connectivity index (χ4v) is 4.64. The third-order valence-electron chi connectivity index (χ3n) is 6.33. The number of aromatic carboxylic acids is 1. The molecule has 0 amide bonds. The molecule has 0 saturated carbocycles. The van der Waals surface area contributed by atoms with Crippen molar-refractivity contribution in [1.82, 2.24) is 4.98 Å². The van der Waals surface area contributed by atoms with Crippen LogP contribution in [0.15, 0.2) is 84.2 Å². The van der Waals surface area contributed by atoms with E-state index in [9.17, 15) is 14.8 Å². The van der Waals surface area contributed by atoms with Crippen LogP contribution in [0.4, 0.5) is 4.39 Å². The van der Waals surface area contributed by atoms with Gasteiger partial charge in [-0.1, -0.05) is 53.2 Å². The van der Waals surface area contributed by atoms with Crippen LogP contribution in [0.3, 0.4) is 0 Å². The average Bonchev–Trinajstić information content (AvgIpc) is 2.85. The quantitative estimate of drug-likeness (QED) is 0.248. The highest BCUT2D eigenvalue weighted by molar-refractivity contribution is 6.30. The molecule has 4 rings (SSSR count). The smallest absolute Gasteiger partial charge is 0.335 e. The van der Waals surface area contributed by atoms with Crippen molar-refractivity contribution in [2.45, 2.75) is 32.2 Å². The molecule has 0 radical (unpaired) electrons. The van der Waals surface area contributed by atoms with E-state index in [-0.39, 0.29) is 12.0 Å². The van der Waals surface area contributed by atoms with Crippen molar-refractivity contribution >= 4 is 17.6 Å². The largest absolute Gasteiger partial charge is 0.478 e. The number of hydrogen-bond donors (Lipinski definition) is 1. The summed E-state index contributed by atoms with van der Waals surface area (Å²) in [7, 11) is 0. The first-order valence-electron chi connectivity index (χ1n) is 11.4. The molecule has 0 saturated heterocycles. The minimum absolute atomic E-state index is 0.227. The maximum absolute atomic E-state index is 15.1. The summed E-state index contributed by atoms with van der Waals surface area (Å²) >= 11 is 6.00. The molecule has 0 spiro atoms. The van der Waals surface area contributed by atoms with Gasteiger partial charge in [0.1, 0.15) is 11.9 Å². The lowest BCUT2D eigenvalue weighted by atomic mass is 9.83. The predicted molar refractivity (Wildman–Crippen MR) is 139 cm³/mol. The summed E-state index contributed by atoms with van der Waals surface area (Å²) in [6, 6.07) is 20.0. The number of hydrogen-bond acceptors (Lipinski definition) is 4. The Morgan fingerprint density at radius 2 is 1.75 bits per heavy atom. The zero-order chi connectivity index (χ0) is 25.8. The van der Waals surface area contributed by atoms with E-state index in [1.54, 1.807) is 42.6 Å². The number of halogens is 2. The summed E-state index contributed by atoms with van der Waals surface area (Å²) in [6.07, 6.45) is 1.89. The Morgan fingerprint density at radius 1 is 1.00 bits per heavy atom. The predicted octanol–water partition coefficient (Wildman–Crippen LogP) is 7.89. The SMILES string of the molecule is Cc1cc(C(CC(c2ccc(-c3ccc(C(=O)O)cc3C)cc2)c2ccc(Cl)cc2F)N=O)ccn1. The Kier molecular flexibility index (Phi) is 7.55. The third-order valence-corrected chi connectivity index (χ3v) is 6.56. The monoisotopic (exact) mass is 502 g/mol. The molecular formula is C29H24ClFN2O3. The van der Waals surface area contributed by atoms with Gasteiger partial charge in [-0.3, -0.25) is 4.98 Å². The van der Waals surface area contributed by atoms with Crippen LogP contribution in [-0.4, -0.2) is 16.1 Å². The molecule has 1 aromatic heterocycles. The molecule has 2 atom stereocenters. The number of carboxylic acid groups (broad SMARTS) is 1. The van der Waals surface area contributed by atoms with Crippen LogP contribution in [0.25, 0.3) is 11.1 Å². The molecule has 0 bridgehead atoms. The van der Waals surface area contributed by atoms with E-state index in [0.717, 1.165) is 33.5 Å². The second-order valence-corrected chi connectivity index (χ2v) is 9.20. The van der Waals surface area contributed by atoms with Gasteiger partial charge in [0, 0.05) is 22.8 Å². The van der Waals surface area contributed by atoms with Crippen molar-refractivity contribution in [2.24, 2.45) is 5.18 Å². The Balaban J connectivity index is 1.73. The summed E-state index contributed by atoms with van der Waals surface area (Å²) in [5.74, 6) is -1.88. The van der Waals surface area contributed by atoms with Gasteiger partial charge in [-0.25, -0.2) is 9.18 Å². The van der Waals surface area contributed by atoms with Crippen LogP contribution < -0.4 is 0 Å². The zero-order valence-corrected chi connectivity index (χ0v) is 20.5. The van der Waals surface area contributed by atoms with Crippen LogP contribution in [0.1, 0.15) is 56.7 Å². The topological polar surface area (TPSA) is 79.6 Å². The number of aryl methyl sites for hydroxylation is 2. The molecule has 5 nitrogen and oxygen atoms in total. The second-order valence-electron chi connectivity index (χ2n) is 8.76. The van der Waals surface area contributed by atoms with E-state index in [1.165, 1.54) is 6.07 Å². The fourth-order valence-electron chi connectivity index (χ4n) is 4.48. The maximum atomic E-state index is 15.1. The first-order valence-corrected chi connectivity index (χ1v) is 11.8. The fraction of sp³-hybridized carbons (Fsp3) is 0.172. The van der Waals surface area contributed by atoms with Crippen molar-refractivity contribution in [3.05, 3.63) is 128 Å². The lowest BCUT2D eigenvalue weighted by Crippen LogP contribution is -2.09. The van der Waals surface area contributed by atoms with Gasteiger partial charge < -0.3 is 5.11 Å². The molecule has 182 valence electrons. The first-order chi connectivity index (χ1) is 17.3. The molecule has 3 aromatic carbocycles. The Bertz CT molecular complexity index is 1420. The van der Waals surface area contributed by atoms with Crippen molar-refractivity contribution in [2.75, 3.05) is 0 Å². The number of carboxylic acids is 1. The van der Waals surface area contributed by atoms with Crippen LogP contribution in [0.5, 0.6) is 0 Å². The van der Waals surface area contributed by atoms with E-state index >= 15 is 4.39 Å². The van der Waals surface area contributed by atoms with E-state index in [0.29, 0.717) is 10.6 Å². The van der Waals surface area contributed by atoms with Gasteiger partial charge in [-0.2, -0.15) is 4.91 Å². The molecule has 0 fully saturated rings. The van der Waals surface area contributed by atoms with Gasteiger partial charge >= 0.3 is 5.97 Å². The number of pyridine rings is 1. The Hall–Kier alpha value is -3.90. The van der Waals surface area contributed by atoms with Crippen LogP contribution in [0, 0.1) is 24.6 Å². The molecule has 1 N–H and O–H groups in total. The molecule has 2 unspecified atom stereocenters. The van der Waals surface area contributed by atoms with E-state index in [4.69, 9.17) is 11.6 Å². The molecule has 0 aliphatic heterocycles. The summed E-state index contributed by atoms with van der Waals surface area (Å²) in [6.45, 7) is 3.70. The molecule has 0 aliphatic rings. The van der Waals surface area contributed by atoms with Gasteiger partial charge in [0.05, 0.1) is 5.56 Å². The third kappa shape index (κ3) is 5.50. The molecular weight excluding hydrogens is 479 g/mol. The molecule has 1 heterocycles. The average molecular weight is 503 g/mol. The van der Waals surface area contributed by atoms with E-state index < -0.39 is 23.7 Å². The van der Waals surface area contributed by atoms with E-state index in [1.807, 2.05) is 44.2 Å². The number of aromatic nitrogens is 1. The summed E-state index contributed by atoms with van der Waals surface area (Å²) < 4.78 is 15.1. The van der Waals surface area contributed by atoms with Crippen molar-refractivity contribution in [3.63, 3.8) is 0 Å². The second kappa shape index (κ2) is 10.8. The first kappa shape index (κ1) is 25.2. The van der Waals surface area contributed by atoms with Crippen molar-refractivity contribution in [1.29, 1.82) is 0 Å². The van der Waals surface area contributed by atoms with Crippen molar-refractivity contribution < 1.29 is 14.3 Å². The lowest BCUT2D eigenvalue weighted by molar-refractivity contribution is 0.0697. The molecule has 7 heteroatoms. The molecule has 4 aromatic rings. The van der Waals surface area contributed by atoms with Gasteiger partial charge in [0.15, 0.2) is 0 Å². The minimum atomic E-state index is -0.976. The number of benzene rings is 3. The molecule has 0 aliphatic carbocycles. The number of nitroso groups, excluding NO2 is 1. The zero-order valence-electron chi connectivity index (χ0n) is 19.8. The number of rotatable bonds is 8. The molecule has 36 heavy (non-hydrogen) atoms. The van der Waals surface area contributed by atoms with Crippen molar-refractivity contribution in [3.8, 4) is 11.1 Å². The summed E-state index contributed by atoms with van der Waals surface area (Å²) in [5, 5.41) is 12.9. The number of carbonyl (C=O) groups is 1. The van der Waals surface area contributed by atoms with E-state index in [2.05, 4.69) is 10.2 Å². The standard InChI is InChI=1S/C29H24ClFN2O3/c1-17-13-22(29(34)35)7-9-24(17)19-3-5-20(6-4-19)26(25-10-8-23(30)15-27(25)31)16-28(33-36)21-11-12-32-18(2)14-21/h3-15,26,28H,16H2,1-2H3,(H,34,35). The normalized spacial score (nSPS) is 12.7. The highest BCUT2D eigenvalue weighted by atomic mass is 35.5. The Labute approximate surface area is 213 Å². The maximum Gasteiger partial charge on any atom is 0.335 e. The number of nitrogens with zero attached hydrogens (tertiary/aromatic N) is 2. The van der Waals surface area contributed by atoms with Gasteiger partial charge in [0.2, 0.25) is 0 Å². The lowest BCUT2D eigenvalue weighted by Gasteiger charge is -2.22.